The molecule has 0 heterocycles. The summed E-state index contributed by atoms with van der Waals surface area (Å²) in [4.78, 5) is 30.0. The van der Waals surface area contributed by atoms with Crippen LogP contribution in [0.15, 0.2) is 77.1 Å². The van der Waals surface area contributed by atoms with Crippen molar-refractivity contribution in [2.75, 3.05) is 45.8 Å². The van der Waals surface area contributed by atoms with Crippen LogP contribution in [0.2, 0.25) is 0 Å². The Balaban J connectivity index is 1.84. The number of nitrogens with two attached hydrogens (primary N) is 1. The van der Waals surface area contributed by atoms with Crippen LogP contribution in [0.4, 0.5) is 11.4 Å². The van der Waals surface area contributed by atoms with Crippen molar-refractivity contribution < 1.29 is 10.2 Å². The van der Waals surface area contributed by atoms with Gasteiger partial charge in [-0.25, -0.2) is 0 Å². The third-order valence-electron chi connectivity index (χ3n) is 8.48. The van der Waals surface area contributed by atoms with E-state index in [0.717, 1.165) is 54.6 Å². The van der Waals surface area contributed by atoms with Gasteiger partial charge in [0, 0.05) is 70.0 Å². The van der Waals surface area contributed by atoms with Gasteiger partial charge in [-0.2, -0.15) is 0 Å². The highest BCUT2D eigenvalue weighted by Crippen LogP contribution is 2.29. The summed E-state index contributed by atoms with van der Waals surface area (Å²) >= 11 is 0. The highest BCUT2D eigenvalue weighted by molar-refractivity contribution is 5.53. The lowest BCUT2D eigenvalue weighted by Gasteiger charge is -2.31. The van der Waals surface area contributed by atoms with Crippen molar-refractivity contribution in [3.63, 3.8) is 0 Å². The summed E-state index contributed by atoms with van der Waals surface area (Å²) in [6.45, 7) is 16.1. The summed E-state index contributed by atoms with van der Waals surface area (Å²) in [7, 11) is 0. The Bertz CT molecular complexity index is 1430. The number of nitrogens with zero attached hydrogens (tertiary/aromatic N) is 5. The molecule has 3 aromatic rings. The molecule has 0 saturated heterocycles. The monoisotopic (exact) mass is 630 g/mol. The van der Waals surface area contributed by atoms with Gasteiger partial charge in [0.2, 0.25) is 0 Å². The SMILES string of the molecule is C=C(C)CCCCN(CCN(CCN(CCN)Cc1c(O)cccc1N=O)Cc1c(C)cccc1N=O)Cc1c(C)cccc1O. The van der Waals surface area contributed by atoms with Crippen LogP contribution < -0.4 is 5.73 Å². The van der Waals surface area contributed by atoms with Crippen molar-refractivity contribution in [1.82, 2.24) is 14.7 Å². The highest BCUT2D eigenvalue weighted by Gasteiger charge is 2.19. The Morgan fingerprint density at radius 2 is 1.13 bits per heavy atom. The zero-order chi connectivity index (χ0) is 33.5. The topological polar surface area (TPSA) is 135 Å². The van der Waals surface area contributed by atoms with Crippen molar-refractivity contribution in [2.24, 2.45) is 16.1 Å². The molecule has 10 heteroatoms. The molecule has 3 rings (SSSR count). The fourth-order valence-electron chi connectivity index (χ4n) is 5.67. The molecule has 0 aliphatic rings. The molecule has 0 aliphatic carbocycles. The van der Waals surface area contributed by atoms with E-state index in [0.29, 0.717) is 69.4 Å². The minimum Gasteiger partial charge on any atom is -0.508 e. The summed E-state index contributed by atoms with van der Waals surface area (Å²) < 4.78 is 0. The van der Waals surface area contributed by atoms with Crippen molar-refractivity contribution in [2.45, 2.75) is 59.7 Å². The zero-order valence-corrected chi connectivity index (χ0v) is 27.6. The molecule has 10 nitrogen and oxygen atoms in total. The third kappa shape index (κ3) is 11.1. The van der Waals surface area contributed by atoms with E-state index < -0.39 is 0 Å². The second-order valence-corrected chi connectivity index (χ2v) is 12.1. The van der Waals surface area contributed by atoms with Gasteiger partial charge in [-0.05, 0) is 97.9 Å². The molecule has 0 amide bonds. The lowest BCUT2D eigenvalue weighted by atomic mass is 10.1. The van der Waals surface area contributed by atoms with Crippen LogP contribution in [0.5, 0.6) is 11.5 Å². The van der Waals surface area contributed by atoms with Crippen molar-refractivity contribution in [3.05, 3.63) is 104 Å². The summed E-state index contributed by atoms with van der Waals surface area (Å²) in [6.07, 6.45) is 3.04. The number of nitroso groups, excluding NO2 is 2. The zero-order valence-electron chi connectivity index (χ0n) is 27.6. The highest BCUT2D eigenvalue weighted by atomic mass is 16.3. The van der Waals surface area contributed by atoms with Crippen LogP contribution in [0.1, 0.15) is 54.0 Å². The van der Waals surface area contributed by atoms with Crippen molar-refractivity contribution in [3.8, 4) is 11.5 Å². The van der Waals surface area contributed by atoms with E-state index in [2.05, 4.69) is 38.6 Å². The Kier molecular flexibility index (Phi) is 15.0. The Labute approximate surface area is 273 Å². The van der Waals surface area contributed by atoms with Gasteiger partial charge in [-0.15, -0.1) is 16.4 Å². The maximum absolute atomic E-state index is 11.7. The second-order valence-electron chi connectivity index (χ2n) is 12.1. The molecule has 0 aliphatic heterocycles. The van der Waals surface area contributed by atoms with Crippen molar-refractivity contribution >= 4 is 11.4 Å². The molecule has 4 N–H and O–H groups in total. The molecule has 0 bridgehead atoms. The van der Waals surface area contributed by atoms with E-state index in [1.807, 2.05) is 38.1 Å². The van der Waals surface area contributed by atoms with Gasteiger partial charge in [0.1, 0.15) is 22.9 Å². The molecule has 0 spiro atoms. The Morgan fingerprint density at radius 1 is 0.674 bits per heavy atom. The number of benzene rings is 3. The maximum atomic E-state index is 11.7. The van der Waals surface area contributed by atoms with E-state index in [9.17, 15) is 20.0 Å². The lowest BCUT2D eigenvalue weighted by molar-refractivity contribution is 0.163. The average molecular weight is 631 g/mol. The molecule has 248 valence electrons. The predicted molar refractivity (Wildman–Crippen MR) is 187 cm³/mol. The fourth-order valence-corrected chi connectivity index (χ4v) is 5.67. The molecule has 0 saturated carbocycles. The summed E-state index contributed by atoms with van der Waals surface area (Å²) in [5.74, 6) is 0.329. The molecule has 0 fully saturated rings. The maximum Gasteiger partial charge on any atom is 0.122 e. The number of hydrogen-bond acceptors (Lipinski definition) is 10. The summed E-state index contributed by atoms with van der Waals surface area (Å²) in [6, 6.07) is 16.0. The average Bonchev–Trinajstić information content (AvgIpc) is 3.03. The fraction of sp³-hybridized carbons (Fsp3) is 0.444. The number of aromatic hydroxyl groups is 2. The minimum absolute atomic E-state index is 0.0272. The summed E-state index contributed by atoms with van der Waals surface area (Å²) in [5, 5.41) is 27.6. The number of allylic oxidation sites excluding steroid dienone is 1. The lowest BCUT2D eigenvalue weighted by Crippen LogP contribution is -2.40. The normalized spacial score (nSPS) is 11.5. The molecular weight excluding hydrogens is 580 g/mol. The molecule has 0 aromatic heterocycles. The quantitative estimate of drug-likeness (QED) is 0.0649. The van der Waals surface area contributed by atoms with Crippen LogP contribution in [0, 0.1) is 23.7 Å². The van der Waals surface area contributed by atoms with Crippen LogP contribution in [-0.4, -0.2) is 70.7 Å². The number of phenols is 2. The van der Waals surface area contributed by atoms with Gasteiger partial charge in [-0.3, -0.25) is 14.7 Å². The van der Waals surface area contributed by atoms with E-state index in [4.69, 9.17) is 5.73 Å². The number of unbranched alkanes of at least 4 members (excludes halogenated alkanes) is 1. The summed E-state index contributed by atoms with van der Waals surface area (Å²) in [5.41, 5.74) is 12.1. The van der Waals surface area contributed by atoms with Crippen molar-refractivity contribution in [1.29, 1.82) is 0 Å². The van der Waals surface area contributed by atoms with Crippen LogP contribution in [0.3, 0.4) is 0 Å². The first kappa shape index (κ1) is 36.5. The Morgan fingerprint density at radius 3 is 1.70 bits per heavy atom. The van der Waals surface area contributed by atoms with Gasteiger partial charge in [-0.1, -0.05) is 35.9 Å². The number of aryl methyl sites for hydroxylation is 2. The molecule has 0 unspecified atom stereocenters. The molecule has 0 atom stereocenters. The first-order valence-electron chi connectivity index (χ1n) is 16.0. The number of rotatable bonds is 21. The number of phenolic OH excluding ortho intramolecular Hbond substituents is 2. The van der Waals surface area contributed by atoms with Gasteiger partial charge in [0.05, 0.1) is 0 Å². The van der Waals surface area contributed by atoms with E-state index >= 15 is 0 Å². The van der Waals surface area contributed by atoms with E-state index in [-0.39, 0.29) is 11.4 Å². The first-order chi connectivity index (χ1) is 22.2. The van der Waals surface area contributed by atoms with Gasteiger partial charge < -0.3 is 15.9 Å². The van der Waals surface area contributed by atoms with Crippen LogP contribution >= 0.6 is 0 Å². The Hall–Kier alpha value is -3.96. The van der Waals surface area contributed by atoms with E-state index in [1.165, 1.54) is 5.57 Å². The largest absolute Gasteiger partial charge is 0.508 e. The third-order valence-corrected chi connectivity index (χ3v) is 8.48. The minimum atomic E-state index is 0.0272. The molecular formula is C36H50N6O4. The van der Waals surface area contributed by atoms with Crippen LogP contribution in [-0.2, 0) is 19.6 Å². The molecule has 3 aromatic carbocycles. The van der Waals surface area contributed by atoms with Gasteiger partial charge in [0.25, 0.3) is 0 Å². The second kappa shape index (κ2) is 18.9. The predicted octanol–water partition coefficient (Wildman–Crippen LogP) is 7.02. The van der Waals surface area contributed by atoms with Crippen LogP contribution in [0.25, 0.3) is 0 Å². The standard InChI is InChI=1S/C36H50N6O4/c1-27(2)10-5-6-18-40(25-31-29(4)12-8-15-35(31)43)20-22-42(24-30-28(3)11-7-13-33(30)38-45)23-21-41(19-17-37)26-32-34(39-46)14-9-16-36(32)44/h7-9,11-16,43-44H,1,5-6,10,17-26,37H2,2-4H3. The van der Waals surface area contributed by atoms with E-state index in [1.54, 1.807) is 30.3 Å². The molecule has 0 radical (unpaired) electrons. The van der Waals surface area contributed by atoms with Gasteiger partial charge in [0.15, 0.2) is 0 Å². The first-order valence-corrected chi connectivity index (χ1v) is 16.0. The molecule has 46 heavy (non-hydrogen) atoms. The number of hydrogen-bond donors (Lipinski definition) is 3. The van der Waals surface area contributed by atoms with Gasteiger partial charge >= 0.3 is 0 Å². The smallest absolute Gasteiger partial charge is 0.122 e.